The second-order valence-electron chi connectivity index (χ2n) is 6.32. The molecule has 0 fully saturated rings. The fraction of sp³-hybridized carbons (Fsp3) is 0.190. The van der Waals surface area contributed by atoms with Gasteiger partial charge in [0.25, 0.3) is 0 Å². The zero-order valence-electron chi connectivity index (χ0n) is 14.3. The molecule has 2 aliphatic rings. The number of ether oxygens (including phenoxy) is 1. The molecule has 0 bridgehead atoms. The standard InChI is InChI=1S/C21H18Cl2N2O/c1-26-17-9-7-15(8-10-17)20-12-19(14-5-3-2-4-6-14)24-21-18(23)11-16(22)13-25(20)21/h2-11,13,19-20H,12H2,1H3. The Morgan fingerprint density at radius 1 is 1.00 bits per heavy atom. The smallest absolute Gasteiger partial charge is 0.147 e. The van der Waals surface area contributed by atoms with Gasteiger partial charge in [-0.15, -0.1) is 0 Å². The summed E-state index contributed by atoms with van der Waals surface area (Å²) in [5.74, 6) is 1.60. The Morgan fingerprint density at radius 2 is 1.73 bits per heavy atom. The Balaban J connectivity index is 1.77. The minimum atomic E-state index is 0.0435. The van der Waals surface area contributed by atoms with E-state index in [-0.39, 0.29) is 12.1 Å². The zero-order chi connectivity index (χ0) is 18.1. The van der Waals surface area contributed by atoms with Gasteiger partial charge in [-0.05, 0) is 35.8 Å². The Hall–Kier alpha value is -2.23. The van der Waals surface area contributed by atoms with Crippen LogP contribution in [0.3, 0.4) is 0 Å². The van der Waals surface area contributed by atoms with E-state index in [2.05, 4.69) is 29.2 Å². The molecule has 2 unspecified atom stereocenters. The highest BCUT2D eigenvalue weighted by atomic mass is 35.5. The molecule has 0 aliphatic carbocycles. The van der Waals surface area contributed by atoms with Crippen molar-refractivity contribution in [1.82, 2.24) is 4.90 Å². The maximum atomic E-state index is 6.48. The number of rotatable bonds is 3. The lowest BCUT2D eigenvalue weighted by atomic mass is 9.91. The number of halogens is 2. The number of fused-ring (bicyclic) bond motifs is 1. The first-order chi connectivity index (χ1) is 12.7. The second kappa shape index (κ2) is 7.18. The van der Waals surface area contributed by atoms with Crippen LogP contribution in [-0.4, -0.2) is 17.8 Å². The lowest BCUT2D eigenvalue weighted by Gasteiger charge is -2.39. The quantitative estimate of drug-likeness (QED) is 0.667. The molecule has 4 rings (SSSR count). The predicted octanol–water partition coefficient (Wildman–Crippen LogP) is 5.80. The molecule has 0 saturated heterocycles. The molecule has 0 aromatic heterocycles. The van der Waals surface area contributed by atoms with Gasteiger partial charge in [-0.25, -0.2) is 0 Å². The molecule has 2 aromatic rings. The van der Waals surface area contributed by atoms with Gasteiger partial charge in [0.15, 0.2) is 0 Å². The van der Waals surface area contributed by atoms with Gasteiger partial charge in [0.2, 0.25) is 0 Å². The molecule has 3 nitrogen and oxygen atoms in total. The molecule has 0 N–H and O–H groups in total. The fourth-order valence-electron chi connectivity index (χ4n) is 3.44. The Kier molecular flexibility index (Phi) is 4.75. The average molecular weight is 385 g/mol. The van der Waals surface area contributed by atoms with E-state index in [1.165, 1.54) is 11.1 Å². The third-order valence-electron chi connectivity index (χ3n) is 4.73. The van der Waals surface area contributed by atoms with Crippen LogP contribution in [-0.2, 0) is 0 Å². The van der Waals surface area contributed by atoms with E-state index in [4.69, 9.17) is 32.9 Å². The first-order valence-electron chi connectivity index (χ1n) is 8.45. The van der Waals surface area contributed by atoms with Crippen molar-refractivity contribution in [2.45, 2.75) is 18.5 Å². The van der Waals surface area contributed by atoms with Crippen molar-refractivity contribution in [2.75, 3.05) is 7.11 Å². The van der Waals surface area contributed by atoms with Crippen LogP contribution in [0.5, 0.6) is 5.75 Å². The van der Waals surface area contributed by atoms with Crippen LogP contribution in [0.1, 0.15) is 29.6 Å². The first kappa shape index (κ1) is 17.2. The predicted molar refractivity (Wildman–Crippen MR) is 107 cm³/mol. The van der Waals surface area contributed by atoms with Crippen molar-refractivity contribution in [3.63, 3.8) is 0 Å². The first-order valence-corrected chi connectivity index (χ1v) is 9.21. The van der Waals surface area contributed by atoms with Crippen molar-refractivity contribution in [3.8, 4) is 5.75 Å². The molecular formula is C21H18Cl2N2O. The van der Waals surface area contributed by atoms with E-state index in [0.29, 0.717) is 10.1 Å². The minimum absolute atomic E-state index is 0.0435. The van der Waals surface area contributed by atoms with Gasteiger partial charge in [-0.1, -0.05) is 65.7 Å². The van der Waals surface area contributed by atoms with E-state index < -0.39 is 0 Å². The van der Waals surface area contributed by atoms with E-state index in [1.54, 1.807) is 13.2 Å². The Morgan fingerprint density at radius 3 is 2.42 bits per heavy atom. The van der Waals surface area contributed by atoms with Crippen LogP contribution in [0, 0.1) is 0 Å². The number of allylic oxidation sites excluding steroid dienone is 2. The Labute approximate surface area is 163 Å². The van der Waals surface area contributed by atoms with Crippen LogP contribution in [0.25, 0.3) is 0 Å². The molecule has 5 heteroatoms. The van der Waals surface area contributed by atoms with E-state index in [9.17, 15) is 0 Å². The molecule has 0 saturated carbocycles. The monoisotopic (exact) mass is 384 g/mol. The molecule has 0 spiro atoms. The summed E-state index contributed by atoms with van der Waals surface area (Å²) >= 11 is 12.8. The third kappa shape index (κ3) is 3.25. The summed E-state index contributed by atoms with van der Waals surface area (Å²) in [6, 6.07) is 18.6. The van der Waals surface area contributed by atoms with Gasteiger partial charge in [-0.3, -0.25) is 4.99 Å². The number of amidine groups is 1. The summed E-state index contributed by atoms with van der Waals surface area (Å²) in [6.07, 6.45) is 4.49. The third-order valence-corrected chi connectivity index (χ3v) is 5.22. The van der Waals surface area contributed by atoms with Crippen LogP contribution < -0.4 is 4.74 Å². The highest BCUT2D eigenvalue weighted by molar-refractivity contribution is 6.45. The molecule has 2 aliphatic heterocycles. The van der Waals surface area contributed by atoms with Crippen molar-refractivity contribution < 1.29 is 4.74 Å². The number of hydrogen-bond donors (Lipinski definition) is 0. The highest BCUT2D eigenvalue weighted by Gasteiger charge is 2.34. The molecule has 0 radical (unpaired) electrons. The molecule has 26 heavy (non-hydrogen) atoms. The summed E-state index contributed by atoms with van der Waals surface area (Å²) in [5.41, 5.74) is 2.36. The van der Waals surface area contributed by atoms with Gasteiger partial charge in [0.1, 0.15) is 11.6 Å². The summed E-state index contributed by atoms with van der Waals surface area (Å²) in [6.45, 7) is 0. The SMILES string of the molecule is COc1ccc(C2CC(c3ccccc3)N=C3C(Cl)=CC(Cl)=CN32)cc1. The summed E-state index contributed by atoms with van der Waals surface area (Å²) in [4.78, 5) is 6.99. The number of methoxy groups -OCH3 is 1. The van der Waals surface area contributed by atoms with Gasteiger partial charge in [0, 0.05) is 6.20 Å². The van der Waals surface area contributed by atoms with Gasteiger partial charge >= 0.3 is 0 Å². The van der Waals surface area contributed by atoms with Crippen molar-refractivity contribution in [1.29, 1.82) is 0 Å². The number of hydrogen-bond acceptors (Lipinski definition) is 3. The maximum Gasteiger partial charge on any atom is 0.147 e. The van der Waals surface area contributed by atoms with E-state index in [0.717, 1.165) is 18.0 Å². The van der Waals surface area contributed by atoms with Crippen molar-refractivity contribution in [3.05, 3.63) is 88.1 Å². The van der Waals surface area contributed by atoms with Crippen molar-refractivity contribution >= 4 is 29.0 Å². The molecule has 2 aromatic carbocycles. The highest BCUT2D eigenvalue weighted by Crippen LogP contribution is 2.42. The van der Waals surface area contributed by atoms with Crippen molar-refractivity contribution in [2.24, 2.45) is 4.99 Å². The molecule has 0 amide bonds. The normalized spacial score (nSPS) is 22.1. The molecule has 132 valence electrons. The molecule has 2 heterocycles. The second-order valence-corrected chi connectivity index (χ2v) is 7.16. The number of aliphatic imine (C=N–C) groups is 1. The summed E-state index contributed by atoms with van der Waals surface area (Å²) in [7, 11) is 1.67. The maximum absolute atomic E-state index is 6.48. The average Bonchev–Trinajstić information content (AvgIpc) is 2.68. The summed E-state index contributed by atoms with van der Waals surface area (Å²) < 4.78 is 5.29. The van der Waals surface area contributed by atoms with Gasteiger partial charge < -0.3 is 9.64 Å². The molecular weight excluding hydrogens is 367 g/mol. The van der Waals surface area contributed by atoms with Gasteiger partial charge in [-0.2, -0.15) is 0 Å². The van der Waals surface area contributed by atoms with E-state index >= 15 is 0 Å². The minimum Gasteiger partial charge on any atom is -0.497 e. The van der Waals surface area contributed by atoms with Gasteiger partial charge in [0.05, 0.1) is 29.3 Å². The van der Waals surface area contributed by atoms with Crippen LogP contribution in [0.4, 0.5) is 0 Å². The number of benzene rings is 2. The molecule has 2 atom stereocenters. The topological polar surface area (TPSA) is 24.8 Å². The Bertz CT molecular complexity index is 888. The van der Waals surface area contributed by atoms with E-state index in [1.807, 2.05) is 36.5 Å². The summed E-state index contributed by atoms with van der Waals surface area (Å²) in [5, 5.41) is 1.17. The van der Waals surface area contributed by atoms with Crippen LogP contribution in [0.2, 0.25) is 0 Å². The largest absolute Gasteiger partial charge is 0.497 e. The number of nitrogens with zero attached hydrogens (tertiary/aromatic N) is 2. The fourth-order valence-corrected chi connectivity index (χ4v) is 3.97. The lowest BCUT2D eigenvalue weighted by Crippen LogP contribution is -2.37. The zero-order valence-corrected chi connectivity index (χ0v) is 15.8. The lowest BCUT2D eigenvalue weighted by molar-refractivity contribution is 0.333. The van der Waals surface area contributed by atoms with Crippen LogP contribution in [0.15, 0.2) is 81.9 Å². The van der Waals surface area contributed by atoms with Crippen LogP contribution >= 0.6 is 23.2 Å².